The number of hydrogen-bond donors (Lipinski definition) is 3. The summed E-state index contributed by atoms with van der Waals surface area (Å²) in [6.07, 6.45) is 6.81. The predicted octanol–water partition coefficient (Wildman–Crippen LogP) is 2.64. The number of nitrogens with one attached hydrogen (secondary N) is 2. The molecule has 1 saturated heterocycles. The maximum atomic E-state index is 15.3. The number of imide groups is 1. The molecule has 6 rings (SSSR count). The first-order chi connectivity index (χ1) is 19.2. The molecule has 0 bridgehead atoms. The molecule has 1 aromatic heterocycles. The third-order valence-electron chi connectivity index (χ3n) is 7.58. The van der Waals surface area contributed by atoms with Gasteiger partial charge in [-0.15, -0.1) is 0 Å². The van der Waals surface area contributed by atoms with Crippen LogP contribution < -0.4 is 10.6 Å². The van der Waals surface area contributed by atoms with Crippen molar-refractivity contribution < 1.29 is 38.2 Å². The Morgan fingerprint density at radius 2 is 2.00 bits per heavy atom. The number of piperidine rings is 1. The van der Waals surface area contributed by atoms with E-state index in [2.05, 4.69) is 20.2 Å². The lowest BCUT2D eigenvalue weighted by molar-refractivity contribution is -0.137. The van der Waals surface area contributed by atoms with Gasteiger partial charge in [0.1, 0.15) is 23.8 Å². The lowest BCUT2D eigenvalue weighted by atomic mass is 9.89. The van der Waals surface area contributed by atoms with Crippen LogP contribution in [0.25, 0.3) is 0 Å². The van der Waals surface area contributed by atoms with Gasteiger partial charge < -0.3 is 24.6 Å². The van der Waals surface area contributed by atoms with Crippen LogP contribution >= 0.6 is 11.6 Å². The van der Waals surface area contributed by atoms with E-state index in [-0.39, 0.29) is 66.3 Å². The van der Waals surface area contributed by atoms with Gasteiger partial charge in [0.15, 0.2) is 0 Å². The van der Waals surface area contributed by atoms with Crippen LogP contribution in [0.2, 0.25) is 5.02 Å². The average Bonchev–Trinajstić information content (AvgIpc) is 3.51. The normalized spacial score (nSPS) is 23.4. The number of aromatic nitrogens is 2. The molecule has 40 heavy (non-hydrogen) atoms. The number of rotatable bonds is 6. The Labute approximate surface area is 232 Å². The number of amides is 4. The fraction of sp³-hybridized carbons (Fsp3) is 0.462. The molecule has 1 atom stereocenters. The number of nitrogens with zero attached hydrogens (tertiary/aromatic N) is 3. The molecule has 3 fully saturated rings. The molecule has 3 heterocycles. The Morgan fingerprint density at radius 3 is 2.67 bits per heavy atom. The van der Waals surface area contributed by atoms with Gasteiger partial charge in [-0.2, -0.15) is 0 Å². The monoisotopic (exact) mass is 575 g/mol. The maximum Gasteiger partial charge on any atom is 0.407 e. The first-order valence-electron chi connectivity index (χ1n) is 12.9. The zero-order valence-electron chi connectivity index (χ0n) is 21.3. The lowest BCUT2D eigenvalue weighted by Gasteiger charge is -2.36. The van der Waals surface area contributed by atoms with Crippen molar-refractivity contribution in [2.24, 2.45) is 0 Å². The van der Waals surface area contributed by atoms with Crippen molar-refractivity contribution in [1.82, 2.24) is 25.1 Å². The number of halogens is 2. The zero-order chi connectivity index (χ0) is 28.6. The van der Waals surface area contributed by atoms with E-state index >= 15 is 4.39 Å². The topological polar surface area (TPSA) is 160 Å². The summed E-state index contributed by atoms with van der Waals surface area (Å²) in [4.78, 5) is 63.1. The molecule has 4 aliphatic rings. The third kappa shape index (κ3) is 5.37. The number of imidazole rings is 1. The van der Waals surface area contributed by atoms with Gasteiger partial charge in [0, 0.05) is 72.9 Å². The number of alkyl carbamates (subject to hydrolysis) is 1. The molecule has 0 spiro atoms. The van der Waals surface area contributed by atoms with Gasteiger partial charge >= 0.3 is 6.09 Å². The Morgan fingerprint density at radius 1 is 1.27 bits per heavy atom. The average molecular weight is 576 g/mol. The van der Waals surface area contributed by atoms with Crippen molar-refractivity contribution >= 4 is 41.9 Å². The minimum absolute atomic E-state index is 0.0336. The summed E-state index contributed by atoms with van der Waals surface area (Å²) in [7, 11) is 0. The van der Waals surface area contributed by atoms with Gasteiger partial charge in [-0.25, -0.2) is 14.2 Å². The minimum atomic E-state index is -0.876. The van der Waals surface area contributed by atoms with Crippen molar-refractivity contribution in [3.05, 3.63) is 51.8 Å². The number of carbonyl (C=O) groups is 5. The summed E-state index contributed by atoms with van der Waals surface area (Å²) in [5.74, 6) is -0.821. The molecular formula is C26H27ClFN5O7. The molecule has 212 valence electrons. The molecule has 0 radical (unpaired) electrons. The Balaban J connectivity index is 0.00000103. The van der Waals surface area contributed by atoms with Gasteiger partial charge in [-0.1, -0.05) is 11.6 Å². The molecule has 14 heteroatoms. The number of hydrogen-bond acceptors (Lipinski definition) is 7. The summed E-state index contributed by atoms with van der Waals surface area (Å²) < 4.78 is 23.0. The van der Waals surface area contributed by atoms with E-state index in [0.29, 0.717) is 18.8 Å². The number of ether oxygens (including phenoxy) is 1. The second-order valence-corrected chi connectivity index (χ2v) is 10.6. The number of carboxylic acid groups (broad SMARTS) is 1. The summed E-state index contributed by atoms with van der Waals surface area (Å²) in [6, 6.07) is 0.746. The Hall–Kier alpha value is -4.00. The first-order valence-corrected chi connectivity index (χ1v) is 13.3. The molecule has 2 saturated carbocycles. The highest BCUT2D eigenvalue weighted by molar-refractivity contribution is 6.32. The van der Waals surface area contributed by atoms with E-state index in [1.807, 2.05) is 6.20 Å². The Bertz CT molecular complexity index is 1370. The SMILES string of the molecule is O=C1CCC(N2Cc3c(Cl)cc(CNC(=O)OC4CC(n5ccnc5C5CC5)C4)c(F)c3C2=O)C(=O)N1.O=CO. The molecule has 2 aliphatic carbocycles. The van der Waals surface area contributed by atoms with Crippen molar-refractivity contribution in [1.29, 1.82) is 0 Å². The van der Waals surface area contributed by atoms with E-state index < -0.39 is 35.7 Å². The second kappa shape index (κ2) is 11.2. The molecule has 2 aromatic rings. The fourth-order valence-corrected chi connectivity index (χ4v) is 5.64. The van der Waals surface area contributed by atoms with Crippen LogP contribution in [0.15, 0.2) is 18.5 Å². The van der Waals surface area contributed by atoms with Crippen LogP contribution in [0.5, 0.6) is 0 Å². The molecular weight excluding hydrogens is 549 g/mol. The van der Waals surface area contributed by atoms with Gasteiger partial charge in [0.05, 0.1) is 5.56 Å². The van der Waals surface area contributed by atoms with E-state index in [4.69, 9.17) is 26.2 Å². The van der Waals surface area contributed by atoms with Crippen LogP contribution in [-0.2, 0) is 32.2 Å². The molecule has 2 aliphatic heterocycles. The standard InChI is InChI=1S/C25H25ClFN5O5.CH2O2/c26-17-7-13(21(27)20-16(17)11-32(24(20)35)18-3-4-19(33)30-23(18)34)10-29-25(36)37-15-8-14(9-15)31-6-5-28-22(31)12-1-2-12;2-1-3/h5-7,12,14-15,18H,1-4,8-11H2,(H,29,36)(H,30,33,34);1H,(H,2,3). The molecule has 4 amide bonds. The highest BCUT2D eigenvalue weighted by Crippen LogP contribution is 2.43. The second-order valence-electron chi connectivity index (χ2n) is 10.2. The molecule has 1 unspecified atom stereocenters. The van der Waals surface area contributed by atoms with Gasteiger partial charge in [0.2, 0.25) is 11.8 Å². The van der Waals surface area contributed by atoms with Crippen molar-refractivity contribution in [3.63, 3.8) is 0 Å². The van der Waals surface area contributed by atoms with E-state index in [9.17, 15) is 19.2 Å². The number of fused-ring (bicyclic) bond motifs is 1. The summed E-state index contributed by atoms with van der Waals surface area (Å²) in [5, 5.41) is 11.8. The first kappa shape index (κ1) is 27.6. The van der Waals surface area contributed by atoms with Crippen molar-refractivity contribution in [2.75, 3.05) is 0 Å². The highest BCUT2D eigenvalue weighted by atomic mass is 35.5. The Kier molecular flexibility index (Phi) is 7.74. The van der Waals surface area contributed by atoms with Crippen LogP contribution in [0, 0.1) is 5.82 Å². The van der Waals surface area contributed by atoms with Gasteiger partial charge in [-0.05, 0) is 25.3 Å². The number of benzene rings is 1. The van der Waals surface area contributed by atoms with E-state index in [1.165, 1.54) is 11.0 Å². The van der Waals surface area contributed by atoms with Crippen LogP contribution in [0.3, 0.4) is 0 Å². The van der Waals surface area contributed by atoms with Crippen LogP contribution in [0.1, 0.15) is 77.8 Å². The van der Waals surface area contributed by atoms with E-state index in [1.54, 1.807) is 6.20 Å². The minimum Gasteiger partial charge on any atom is -0.483 e. The lowest BCUT2D eigenvalue weighted by Crippen LogP contribution is -2.52. The largest absolute Gasteiger partial charge is 0.483 e. The molecule has 3 N–H and O–H groups in total. The van der Waals surface area contributed by atoms with Gasteiger partial charge in [0.25, 0.3) is 12.4 Å². The maximum absolute atomic E-state index is 15.3. The van der Waals surface area contributed by atoms with Crippen molar-refractivity contribution in [3.8, 4) is 0 Å². The van der Waals surface area contributed by atoms with Gasteiger partial charge in [-0.3, -0.25) is 24.5 Å². The third-order valence-corrected chi connectivity index (χ3v) is 7.92. The van der Waals surface area contributed by atoms with E-state index in [0.717, 1.165) is 18.7 Å². The highest BCUT2D eigenvalue weighted by Gasteiger charge is 2.42. The summed E-state index contributed by atoms with van der Waals surface area (Å²) >= 11 is 6.36. The molecule has 12 nitrogen and oxygen atoms in total. The predicted molar refractivity (Wildman–Crippen MR) is 136 cm³/mol. The fourth-order valence-electron chi connectivity index (χ4n) is 5.35. The quantitative estimate of drug-likeness (QED) is 0.350. The number of carbonyl (C=O) groups excluding carboxylic acids is 4. The smallest absolute Gasteiger partial charge is 0.407 e. The van der Waals surface area contributed by atoms with Crippen LogP contribution in [-0.4, -0.2) is 62.0 Å². The molecule has 1 aromatic carbocycles. The summed E-state index contributed by atoms with van der Waals surface area (Å²) in [5.41, 5.74) is 0.111. The summed E-state index contributed by atoms with van der Waals surface area (Å²) in [6.45, 7) is -0.499. The van der Waals surface area contributed by atoms with Crippen molar-refractivity contribution in [2.45, 2.75) is 75.7 Å². The van der Waals surface area contributed by atoms with Crippen LogP contribution in [0.4, 0.5) is 9.18 Å². The zero-order valence-corrected chi connectivity index (χ0v) is 22.0.